The molecule has 4 aromatic carbocycles. The number of rotatable bonds is 12. The average Bonchev–Trinajstić information content (AvgIpc) is 3.08. The van der Waals surface area contributed by atoms with Crippen LogP contribution in [0.4, 0.5) is 5.69 Å². The largest absolute Gasteiger partial charge is 0.352 e. The lowest BCUT2D eigenvalue weighted by atomic mass is 9.94. The van der Waals surface area contributed by atoms with Crippen LogP contribution in [0.25, 0.3) is 0 Å². The third kappa shape index (κ3) is 8.65. The molecule has 1 fully saturated rings. The Morgan fingerprint density at radius 1 is 0.833 bits per heavy atom. The maximum atomic E-state index is 14.8. The van der Waals surface area contributed by atoms with Crippen LogP contribution in [-0.4, -0.2) is 43.8 Å². The molecular weight excluding hydrogens is 642 g/mol. The minimum Gasteiger partial charge on any atom is -0.352 e. The Kier molecular flexibility index (Phi) is 11.6. The van der Waals surface area contributed by atoms with Crippen molar-refractivity contribution in [3.63, 3.8) is 0 Å². The molecule has 1 unspecified atom stereocenters. The van der Waals surface area contributed by atoms with Gasteiger partial charge in [-0.2, -0.15) is 0 Å². The summed E-state index contributed by atoms with van der Waals surface area (Å²) in [5.74, 6) is -0.729. The molecule has 0 spiro atoms. The van der Waals surface area contributed by atoms with Crippen LogP contribution in [-0.2, 0) is 32.6 Å². The third-order valence-corrected chi connectivity index (χ3v) is 11.2. The summed E-state index contributed by atoms with van der Waals surface area (Å²) < 4.78 is 29.9. The second-order valence-corrected chi connectivity index (χ2v) is 15.1. The van der Waals surface area contributed by atoms with Crippen molar-refractivity contribution in [3.8, 4) is 0 Å². The molecule has 48 heavy (non-hydrogen) atoms. The van der Waals surface area contributed by atoms with Gasteiger partial charge in [0.2, 0.25) is 11.8 Å². The fraction of sp³-hybridized carbons (Fsp3) is 0.333. The van der Waals surface area contributed by atoms with E-state index in [4.69, 9.17) is 11.6 Å². The summed E-state index contributed by atoms with van der Waals surface area (Å²) in [4.78, 5) is 30.7. The van der Waals surface area contributed by atoms with Gasteiger partial charge in [0.15, 0.2) is 0 Å². The van der Waals surface area contributed by atoms with Crippen LogP contribution in [0.5, 0.6) is 0 Å². The van der Waals surface area contributed by atoms with Gasteiger partial charge < -0.3 is 10.2 Å². The zero-order chi connectivity index (χ0) is 34.3. The second-order valence-electron chi connectivity index (χ2n) is 12.8. The summed E-state index contributed by atoms with van der Waals surface area (Å²) in [6, 6.07) is 28.1. The van der Waals surface area contributed by atoms with Gasteiger partial charge in [-0.3, -0.25) is 13.9 Å². The molecule has 0 radical (unpaired) electrons. The first-order chi connectivity index (χ1) is 23.0. The van der Waals surface area contributed by atoms with E-state index in [1.165, 1.54) is 0 Å². The number of nitrogens with one attached hydrogen (secondary N) is 1. The molecule has 252 valence electrons. The van der Waals surface area contributed by atoms with Gasteiger partial charge in [0.05, 0.1) is 10.6 Å². The van der Waals surface area contributed by atoms with Crippen molar-refractivity contribution in [2.45, 2.75) is 82.8 Å². The highest BCUT2D eigenvalue weighted by molar-refractivity contribution is 7.92. The quantitative estimate of drug-likeness (QED) is 0.167. The van der Waals surface area contributed by atoms with Gasteiger partial charge in [-0.15, -0.1) is 0 Å². The maximum Gasteiger partial charge on any atom is 0.264 e. The topological polar surface area (TPSA) is 86.8 Å². The molecule has 0 aliphatic heterocycles. The smallest absolute Gasteiger partial charge is 0.264 e. The number of nitrogens with zero attached hydrogens (tertiary/aromatic N) is 2. The number of anilines is 1. The lowest BCUT2D eigenvalue weighted by molar-refractivity contribution is -0.140. The zero-order valence-electron chi connectivity index (χ0n) is 27.9. The molecule has 1 saturated carbocycles. The number of sulfonamides is 1. The highest BCUT2D eigenvalue weighted by Crippen LogP contribution is 2.30. The zero-order valence-corrected chi connectivity index (χ0v) is 29.4. The highest BCUT2D eigenvalue weighted by atomic mass is 35.5. The van der Waals surface area contributed by atoms with Crippen LogP contribution in [0.15, 0.2) is 102 Å². The molecule has 0 aromatic heterocycles. The highest BCUT2D eigenvalue weighted by Gasteiger charge is 2.36. The monoisotopic (exact) mass is 685 g/mol. The molecule has 0 bridgehead atoms. The van der Waals surface area contributed by atoms with Gasteiger partial charge in [-0.25, -0.2) is 8.42 Å². The lowest BCUT2D eigenvalue weighted by Crippen LogP contribution is -2.55. The molecule has 1 aliphatic rings. The van der Waals surface area contributed by atoms with Crippen LogP contribution >= 0.6 is 11.6 Å². The molecular formula is C39H44ClN3O4S. The molecule has 1 aliphatic carbocycles. The van der Waals surface area contributed by atoms with Crippen LogP contribution in [0.1, 0.15) is 59.9 Å². The Labute approximate surface area is 290 Å². The first-order valence-corrected chi connectivity index (χ1v) is 18.4. The van der Waals surface area contributed by atoms with Crippen molar-refractivity contribution in [1.29, 1.82) is 0 Å². The molecule has 9 heteroatoms. The van der Waals surface area contributed by atoms with Gasteiger partial charge >= 0.3 is 0 Å². The van der Waals surface area contributed by atoms with E-state index in [1.807, 2.05) is 68.4 Å². The van der Waals surface area contributed by atoms with Crippen LogP contribution < -0.4 is 9.62 Å². The number of amides is 2. The molecule has 1 N–H and O–H groups in total. The number of aryl methyl sites for hydroxylation is 3. The van der Waals surface area contributed by atoms with E-state index < -0.39 is 28.5 Å². The Hall–Kier alpha value is -4.14. The molecule has 0 saturated heterocycles. The lowest BCUT2D eigenvalue weighted by Gasteiger charge is -2.35. The van der Waals surface area contributed by atoms with Crippen molar-refractivity contribution >= 4 is 39.1 Å². The summed E-state index contributed by atoms with van der Waals surface area (Å²) in [6.45, 7) is 5.25. The summed E-state index contributed by atoms with van der Waals surface area (Å²) in [6.07, 6.45) is 5.30. The number of hydrogen-bond acceptors (Lipinski definition) is 4. The summed E-state index contributed by atoms with van der Waals surface area (Å²) >= 11 is 6.41. The Morgan fingerprint density at radius 2 is 1.50 bits per heavy atom. The maximum absolute atomic E-state index is 14.8. The molecule has 7 nitrogen and oxygen atoms in total. The predicted octanol–water partition coefficient (Wildman–Crippen LogP) is 7.55. The minimum atomic E-state index is -4.22. The van der Waals surface area contributed by atoms with E-state index >= 15 is 0 Å². The van der Waals surface area contributed by atoms with E-state index in [9.17, 15) is 18.0 Å². The van der Waals surface area contributed by atoms with E-state index in [1.54, 1.807) is 54.3 Å². The average molecular weight is 686 g/mol. The predicted molar refractivity (Wildman–Crippen MR) is 193 cm³/mol. The SMILES string of the molecule is Cc1ccc(S(=O)(=O)N(CC(=O)N(Cc2ccccc2C)C(Cc2ccccc2)C(=O)NC2CCCCC2)c2cc(Cl)ccc2C)cc1. The number of halogens is 1. The van der Waals surface area contributed by atoms with Crippen molar-refractivity contribution in [1.82, 2.24) is 10.2 Å². The number of carbonyl (C=O) groups excluding carboxylic acids is 2. The first kappa shape index (κ1) is 35.2. The summed E-state index contributed by atoms with van der Waals surface area (Å²) in [5.41, 5.74) is 4.60. The van der Waals surface area contributed by atoms with Crippen molar-refractivity contribution in [2.75, 3.05) is 10.8 Å². The van der Waals surface area contributed by atoms with E-state index in [-0.39, 0.29) is 29.8 Å². The van der Waals surface area contributed by atoms with Gasteiger partial charge in [0.25, 0.3) is 10.0 Å². The fourth-order valence-corrected chi connectivity index (χ4v) is 7.91. The molecule has 1 atom stereocenters. The van der Waals surface area contributed by atoms with Gasteiger partial charge in [-0.1, -0.05) is 109 Å². The molecule has 2 amide bonds. The Balaban J connectivity index is 1.59. The minimum absolute atomic E-state index is 0.0347. The van der Waals surface area contributed by atoms with Gasteiger partial charge in [0, 0.05) is 24.0 Å². The Bertz CT molecular complexity index is 1820. The molecule has 0 heterocycles. The summed E-state index contributed by atoms with van der Waals surface area (Å²) in [5, 5.41) is 3.60. The van der Waals surface area contributed by atoms with Crippen LogP contribution in [0.2, 0.25) is 5.02 Å². The normalized spacial score (nSPS) is 14.2. The fourth-order valence-electron chi connectivity index (χ4n) is 6.27. The number of benzene rings is 4. The van der Waals surface area contributed by atoms with Crippen molar-refractivity contribution in [3.05, 3.63) is 130 Å². The second kappa shape index (κ2) is 15.8. The van der Waals surface area contributed by atoms with Crippen molar-refractivity contribution < 1.29 is 18.0 Å². The standard InChI is InChI=1S/C39H44ClN3O4S/c1-28-18-22-35(23-19-28)48(46,47)43(36-25-33(40)21-20-30(36)3)27-38(44)42(26-32-15-11-10-12-29(32)2)37(24-31-13-6-4-7-14-31)39(45)41-34-16-8-5-9-17-34/h4,6-7,10-15,18-23,25,34,37H,5,8-9,16-17,24,26-27H2,1-3H3,(H,41,45). The first-order valence-electron chi connectivity index (χ1n) is 16.6. The van der Waals surface area contributed by atoms with E-state index in [0.29, 0.717) is 16.3 Å². The van der Waals surface area contributed by atoms with Crippen molar-refractivity contribution in [2.24, 2.45) is 0 Å². The van der Waals surface area contributed by atoms with E-state index in [0.717, 1.165) is 58.7 Å². The molecule has 5 rings (SSSR count). The summed E-state index contributed by atoms with van der Waals surface area (Å²) in [7, 11) is -4.22. The van der Waals surface area contributed by atoms with Crippen LogP contribution in [0.3, 0.4) is 0 Å². The number of carbonyl (C=O) groups is 2. The van der Waals surface area contributed by atoms with E-state index in [2.05, 4.69) is 5.32 Å². The third-order valence-electron chi connectivity index (χ3n) is 9.15. The number of hydrogen-bond donors (Lipinski definition) is 1. The van der Waals surface area contributed by atoms with Gasteiger partial charge in [-0.05, 0) is 80.1 Å². The van der Waals surface area contributed by atoms with Gasteiger partial charge in [0.1, 0.15) is 12.6 Å². The Morgan fingerprint density at radius 3 is 2.19 bits per heavy atom. The van der Waals surface area contributed by atoms with Crippen LogP contribution in [0, 0.1) is 20.8 Å². The molecule has 4 aromatic rings.